The summed E-state index contributed by atoms with van der Waals surface area (Å²) in [7, 11) is 1.63. The van der Waals surface area contributed by atoms with E-state index in [0.717, 1.165) is 24.5 Å². The second kappa shape index (κ2) is 9.65. The molecule has 0 saturated carbocycles. The van der Waals surface area contributed by atoms with E-state index in [1.54, 1.807) is 7.05 Å². The van der Waals surface area contributed by atoms with Gasteiger partial charge in [-0.3, -0.25) is 14.3 Å². The van der Waals surface area contributed by atoms with Crippen LogP contribution in [0.1, 0.15) is 51.9 Å². The van der Waals surface area contributed by atoms with Crippen molar-refractivity contribution in [1.82, 2.24) is 19.1 Å². The predicted molar refractivity (Wildman–Crippen MR) is 105 cm³/mol. The molecule has 0 bridgehead atoms. The summed E-state index contributed by atoms with van der Waals surface area (Å²) in [5.74, 6) is 0.714. The molecule has 0 radical (unpaired) electrons. The molecule has 0 aliphatic heterocycles. The quantitative estimate of drug-likeness (QED) is 0.376. The van der Waals surface area contributed by atoms with Gasteiger partial charge >= 0.3 is 5.69 Å². The smallest absolute Gasteiger partial charge is 0.313 e. The van der Waals surface area contributed by atoms with Gasteiger partial charge in [0.15, 0.2) is 16.3 Å². The van der Waals surface area contributed by atoms with E-state index in [9.17, 15) is 9.59 Å². The SMILES string of the molecule is C=CCSc1nc2c(c(=O)[nH]c(=O)n2C)n1CCCCCCCCC. The normalized spacial score (nSPS) is 11.3. The minimum absolute atomic E-state index is 0.362. The molecule has 2 aromatic rings. The Bertz CT molecular complexity index is 819. The number of aryl methyl sites for hydroxylation is 2. The number of hydrogen-bond acceptors (Lipinski definition) is 4. The Morgan fingerprint density at radius 1 is 1.16 bits per heavy atom. The van der Waals surface area contributed by atoms with Gasteiger partial charge in [-0.1, -0.05) is 63.3 Å². The van der Waals surface area contributed by atoms with Crippen molar-refractivity contribution in [2.24, 2.45) is 7.05 Å². The molecule has 0 fully saturated rings. The molecule has 6 nitrogen and oxygen atoms in total. The maximum Gasteiger partial charge on any atom is 0.329 e. The molecule has 25 heavy (non-hydrogen) atoms. The molecule has 2 aromatic heterocycles. The summed E-state index contributed by atoms with van der Waals surface area (Å²) in [4.78, 5) is 31.0. The van der Waals surface area contributed by atoms with Crippen molar-refractivity contribution < 1.29 is 0 Å². The van der Waals surface area contributed by atoms with E-state index in [1.807, 2.05) is 10.6 Å². The van der Waals surface area contributed by atoms with Gasteiger partial charge in [0.2, 0.25) is 0 Å². The molecular weight excluding hydrogens is 336 g/mol. The number of fused-ring (bicyclic) bond motifs is 1. The zero-order valence-electron chi connectivity index (χ0n) is 15.2. The van der Waals surface area contributed by atoms with E-state index in [4.69, 9.17) is 0 Å². The number of aromatic amines is 1. The summed E-state index contributed by atoms with van der Waals surface area (Å²) in [6, 6.07) is 0. The molecule has 0 aliphatic rings. The fraction of sp³-hybridized carbons (Fsp3) is 0.611. The zero-order valence-corrected chi connectivity index (χ0v) is 16.0. The molecule has 0 spiro atoms. The lowest BCUT2D eigenvalue weighted by Crippen LogP contribution is -2.29. The van der Waals surface area contributed by atoms with Crippen molar-refractivity contribution in [3.8, 4) is 0 Å². The van der Waals surface area contributed by atoms with Crippen molar-refractivity contribution in [2.75, 3.05) is 5.75 Å². The van der Waals surface area contributed by atoms with E-state index >= 15 is 0 Å². The molecular formula is C18H28N4O2S. The van der Waals surface area contributed by atoms with Crippen LogP contribution in [0.5, 0.6) is 0 Å². The monoisotopic (exact) mass is 364 g/mol. The number of nitrogens with zero attached hydrogens (tertiary/aromatic N) is 3. The van der Waals surface area contributed by atoms with Crippen LogP contribution in [-0.4, -0.2) is 24.9 Å². The average molecular weight is 365 g/mol. The fourth-order valence-corrected chi connectivity index (χ4v) is 3.65. The molecule has 138 valence electrons. The van der Waals surface area contributed by atoms with Gasteiger partial charge in [-0.2, -0.15) is 0 Å². The molecule has 2 rings (SSSR count). The number of rotatable bonds is 11. The largest absolute Gasteiger partial charge is 0.329 e. The Morgan fingerprint density at radius 3 is 2.52 bits per heavy atom. The number of hydrogen-bond donors (Lipinski definition) is 1. The highest BCUT2D eigenvalue weighted by Crippen LogP contribution is 2.22. The van der Waals surface area contributed by atoms with Crippen molar-refractivity contribution in [2.45, 2.75) is 63.6 Å². The number of H-pyrrole nitrogens is 1. The number of nitrogens with one attached hydrogen (secondary N) is 1. The van der Waals surface area contributed by atoms with Crippen molar-refractivity contribution >= 4 is 22.9 Å². The van der Waals surface area contributed by atoms with E-state index in [1.165, 1.54) is 48.4 Å². The Morgan fingerprint density at radius 2 is 1.84 bits per heavy atom. The molecule has 0 saturated heterocycles. The summed E-state index contributed by atoms with van der Waals surface area (Å²) >= 11 is 1.54. The standard InChI is InChI=1S/C18H28N4O2S/c1-4-6-7-8-9-10-11-12-22-14-15(19-18(22)25-13-5-2)21(3)17(24)20-16(14)23/h5H,2,4,6-13H2,1,3H3,(H,20,23,24). The molecule has 0 unspecified atom stereocenters. The van der Waals surface area contributed by atoms with Gasteiger partial charge in [-0.25, -0.2) is 9.78 Å². The highest BCUT2D eigenvalue weighted by molar-refractivity contribution is 7.99. The summed E-state index contributed by atoms with van der Waals surface area (Å²) in [5, 5.41) is 0.771. The Hall–Kier alpha value is -1.76. The topological polar surface area (TPSA) is 72.7 Å². The average Bonchev–Trinajstić information content (AvgIpc) is 2.96. The van der Waals surface area contributed by atoms with Crippen LogP contribution in [0.4, 0.5) is 0 Å². The molecule has 0 atom stereocenters. The van der Waals surface area contributed by atoms with Crippen LogP contribution in [0, 0.1) is 0 Å². The Labute approximate surface area is 152 Å². The highest BCUT2D eigenvalue weighted by Gasteiger charge is 2.17. The number of imidazole rings is 1. The van der Waals surface area contributed by atoms with Crippen LogP contribution >= 0.6 is 11.8 Å². The summed E-state index contributed by atoms with van der Waals surface area (Å²) < 4.78 is 3.35. The zero-order chi connectivity index (χ0) is 18.2. The van der Waals surface area contributed by atoms with Crippen LogP contribution < -0.4 is 11.2 Å². The minimum Gasteiger partial charge on any atom is -0.313 e. The third-order valence-corrected chi connectivity index (χ3v) is 5.26. The van der Waals surface area contributed by atoms with Gasteiger partial charge < -0.3 is 4.57 Å². The number of unbranched alkanes of at least 4 members (excludes halogenated alkanes) is 6. The number of aromatic nitrogens is 4. The fourth-order valence-electron chi connectivity index (χ4n) is 2.89. The summed E-state index contributed by atoms with van der Waals surface area (Å²) in [6.07, 6.45) is 10.3. The van der Waals surface area contributed by atoms with Gasteiger partial charge in [0.25, 0.3) is 5.56 Å². The summed E-state index contributed by atoms with van der Waals surface area (Å²) in [5.41, 5.74) is 0.139. The molecule has 2 heterocycles. The maximum atomic E-state index is 12.3. The van der Waals surface area contributed by atoms with E-state index < -0.39 is 5.69 Å². The minimum atomic E-state index is -0.432. The van der Waals surface area contributed by atoms with Gasteiger partial charge in [-0.15, -0.1) is 6.58 Å². The van der Waals surface area contributed by atoms with Gasteiger partial charge in [0, 0.05) is 19.3 Å². The third-order valence-electron chi connectivity index (χ3n) is 4.29. The van der Waals surface area contributed by atoms with Crippen LogP contribution in [0.3, 0.4) is 0 Å². The lowest BCUT2D eigenvalue weighted by atomic mass is 10.1. The van der Waals surface area contributed by atoms with Gasteiger partial charge in [0.05, 0.1) is 0 Å². The Kier molecular flexibility index (Phi) is 7.55. The molecule has 0 amide bonds. The maximum absolute atomic E-state index is 12.3. The number of thioether (sulfide) groups is 1. The first-order chi connectivity index (χ1) is 12.1. The first kappa shape index (κ1) is 19.6. The molecule has 0 aromatic carbocycles. The second-order valence-corrected chi connectivity index (χ2v) is 7.24. The van der Waals surface area contributed by atoms with Crippen LogP contribution in [0.15, 0.2) is 27.4 Å². The van der Waals surface area contributed by atoms with Crippen molar-refractivity contribution in [1.29, 1.82) is 0 Å². The Balaban J connectivity index is 2.18. The summed E-state index contributed by atoms with van der Waals surface area (Å²) in [6.45, 7) is 6.70. The lowest BCUT2D eigenvalue weighted by Gasteiger charge is -2.08. The second-order valence-electron chi connectivity index (χ2n) is 6.26. The molecule has 7 heteroatoms. The van der Waals surface area contributed by atoms with Crippen LogP contribution in [0.2, 0.25) is 0 Å². The molecule has 0 aliphatic carbocycles. The van der Waals surface area contributed by atoms with Gasteiger partial charge in [-0.05, 0) is 6.42 Å². The van der Waals surface area contributed by atoms with E-state index in [-0.39, 0.29) is 5.56 Å². The van der Waals surface area contributed by atoms with Crippen molar-refractivity contribution in [3.05, 3.63) is 33.5 Å². The first-order valence-electron chi connectivity index (χ1n) is 9.03. The van der Waals surface area contributed by atoms with Crippen LogP contribution in [0.25, 0.3) is 11.2 Å². The van der Waals surface area contributed by atoms with Crippen molar-refractivity contribution in [3.63, 3.8) is 0 Å². The lowest BCUT2D eigenvalue weighted by molar-refractivity contribution is 0.538. The van der Waals surface area contributed by atoms with Crippen LogP contribution in [-0.2, 0) is 13.6 Å². The first-order valence-corrected chi connectivity index (χ1v) is 10.0. The third kappa shape index (κ3) is 4.87. The highest BCUT2D eigenvalue weighted by atomic mass is 32.2. The van der Waals surface area contributed by atoms with E-state index in [0.29, 0.717) is 16.9 Å². The van der Waals surface area contributed by atoms with Gasteiger partial charge in [0.1, 0.15) is 0 Å². The van der Waals surface area contributed by atoms with E-state index in [2.05, 4.69) is 23.5 Å². The molecule has 1 N–H and O–H groups in total. The predicted octanol–water partition coefficient (Wildman–Crippen LogP) is 3.45.